The third-order valence-corrected chi connectivity index (χ3v) is 5.21. The first-order chi connectivity index (χ1) is 15.1. The number of alkyl carbamates (subject to hydrolysis) is 1. The summed E-state index contributed by atoms with van der Waals surface area (Å²) in [5.41, 5.74) is 1.00. The number of hydrogen-bond donors (Lipinski definition) is 3. The number of rotatable bonds is 8. The summed E-state index contributed by atoms with van der Waals surface area (Å²) in [5, 5.41) is 17.1. The van der Waals surface area contributed by atoms with Gasteiger partial charge in [0.25, 0.3) is 0 Å². The van der Waals surface area contributed by atoms with E-state index in [0.717, 1.165) is 19.3 Å². The number of alkyl halides is 1. The molecule has 0 unspecified atom stereocenters. The Hall–Kier alpha value is -2.92. The quantitative estimate of drug-likeness (QED) is 0.448. The van der Waals surface area contributed by atoms with E-state index in [9.17, 15) is 9.18 Å². The summed E-state index contributed by atoms with van der Waals surface area (Å²) in [5.74, 6) is 0.856. The summed E-state index contributed by atoms with van der Waals surface area (Å²) < 4.78 is 27.1. The van der Waals surface area contributed by atoms with Gasteiger partial charge in [-0.1, -0.05) is 31.4 Å². The van der Waals surface area contributed by atoms with Gasteiger partial charge in [0.2, 0.25) is 0 Å². The van der Waals surface area contributed by atoms with Gasteiger partial charge in [-0.15, -0.1) is 0 Å². The fraction of sp³-hybridized carbons (Fsp3) is 0.474. The van der Waals surface area contributed by atoms with Crippen molar-refractivity contribution in [3.8, 4) is 0 Å². The second-order valence-corrected chi connectivity index (χ2v) is 7.58. The summed E-state index contributed by atoms with van der Waals surface area (Å²) in [6.45, 7) is 2.53. The number of H-pyrrole nitrogens is 1. The van der Waals surface area contributed by atoms with Crippen LogP contribution in [0.3, 0.4) is 0 Å². The minimum atomic E-state index is -1.53. The first kappa shape index (κ1) is 21.3. The molecule has 0 spiro atoms. The maximum Gasteiger partial charge on any atom is 0.407 e. The predicted molar refractivity (Wildman–Crippen MR) is 111 cm³/mol. The van der Waals surface area contributed by atoms with Crippen molar-refractivity contribution in [2.75, 3.05) is 18.5 Å². The molecule has 3 aromatic rings. The molecule has 0 radical (unpaired) electrons. The molecule has 12 heteroatoms. The normalized spacial score (nSPS) is 20.8. The maximum absolute atomic E-state index is 14.9. The van der Waals surface area contributed by atoms with Crippen LogP contribution in [-0.4, -0.2) is 56.3 Å². The number of amides is 1. The van der Waals surface area contributed by atoms with Crippen LogP contribution >= 0.6 is 11.6 Å². The van der Waals surface area contributed by atoms with E-state index in [1.165, 1.54) is 6.20 Å². The zero-order chi connectivity index (χ0) is 21.8. The first-order valence-corrected chi connectivity index (χ1v) is 10.4. The van der Waals surface area contributed by atoms with Gasteiger partial charge in [0.1, 0.15) is 11.6 Å². The molecule has 0 aliphatic carbocycles. The average molecular weight is 452 g/mol. The van der Waals surface area contributed by atoms with E-state index in [2.05, 4.69) is 37.8 Å². The third-order valence-electron chi connectivity index (χ3n) is 4.93. The minimum absolute atomic E-state index is 0.0394. The fourth-order valence-corrected chi connectivity index (χ4v) is 3.57. The van der Waals surface area contributed by atoms with E-state index in [4.69, 9.17) is 21.1 Å². The number of anilines is 2. The molecule has 3 atom stereocenters. The Morgan fingerprint density at radius 2 is 2.35 bits per heavy atom. The molecule has 3 aromatic heterocycles. The molecule has 1 saturated heterocycles. The number of fused-ring (bicyclic) bond motifs is 1. The second-order valence-electron chi connectivity index (χ2n) is 7.17. The molecule has 1 fully saturated rings. The standard InChI is InChI=1S/C19H23ClFN7O3/c1-2-3-4-5-23-19(29)31-13-10-30-17(15(13)21)12-8-14(27-26-12)25-18-16-11(20)9-24-28(16)7-6-22-18/h6-9,13,15,17H,2-5,10H2,1H3,(H,23,29)(H2,22,25,26,27)/t13-,15-,17-/m1/s1. The molecule has 0 bridgehead atoms. The van der Waals surface area contributed by atoms with Gasteiger partial charge in [-0.3, -0.25) is 5.10 Å². The highest BCUT2D eigenvalue weighted by molar-refractivity contribution is 6.34. The van der Waals surface area contributed by atoms with Crippen LogP contribution in [0.2, 0.25) is 5.02 Å². The number of halogens is 2. The third kappa shape index (κ3) is 4.72. The van der Waals surface area contributed by atoms with E-state index in [0.29, 0.717) is 34.4 Å². The molecule has 4 heterocycles. The summed E-state index contributed by atoms with van der Waals surface area (Å²) in [6, 6.07) is 1.61. The summed E-state index contributed by atoms with van der Waals surface area (Å²) in [4.78, 5) is 16.1. The predicted octanol–water partition coefficient (Wildman–Crippen LogP) is 3.54. The number of hydrogen-bond acceptors (Lipinski definition) is 7. The van der Waals surface area contributed by atoms with Crippen LogP contribution in [0, 0.1) is 0 Å². The van der Waals surface area contributed by atoms with E-state index in [-0.39, 0.29) is 6.61 Å². The number of ether oxygens (including phenoxy) is 2. The van der Waals surface area contributed by atoms with Crippen molar-refractivity contribution in [1.82, 2.24) is 30.1 Å². The van der Waals surface area contributed by atoms with Crippen molar-refractivity contribution >= 4 is 34.8 Å². The van der Waals surface area contributed by atoms with E-state index in [1.54, 1.807) is 23.0 Å². The lowest BCUT2D eigenvalue weighted by Gasteiger charge is -2.15. The van der Waals surface area contributed by atoms with Crippen LogP contribution < -0.4 is 10.6 Å². The molecule has 1 aliphatic rings. The molecular weight excluding hydrogens is 429 g/mol. The lowest BCUT2D eigenvalue weighted by Crippen LogP contribution is -2.34. The zero-order valence-electron chi connectivity index (χ0n) is 16.8. The van der Waals surface area contributed by atoms with E-state index in [1.807, 2.05) is 0 Å². The summed E-state index contributed by atoms with van der Waals surface area (Å²) >= 11 is 6.17. The number of carbonyl (C=O) groups excluding carboxylic acids is 1. The largest absolute Gasteiger partial charge is 0.441 e. The average Bonchev–Trinajstić information content (AvgIpc) is 3.46. The Kier molecular flexibility index (Phi) is 6.52. The highest BCUT2D eigenvalue weighted by Gasteiger charge is 2.42. The molecule has 166 valence electrons. The van der Waals surface area contributed by atoms with Gasteiger partial charge in [0.05, 0.1) is 23.5 Å². The van der Waals surface area contributed by atoms with Crippen molar-refractivity contribution in [3.63, 3.8) is 0 Å². The van der Waals surface area contributed by atoms with Crippen molar-refractivity contribution < 1.29 is 18.7 Å². The second kappa shape index (κ2) is 9.48. The molecule has 10 nitrogen and oxygen atoms in total. The van der Waals surface area contributed by atoms with Gasteiger partial charge in [-0.05, 0) is 6.42 Å². The van der Waals surface area contributed by atoms with Gasteiger partial charge in [0.15, 0.2) is 23.9 Å². The molecule has 4 rings (SSSR count). The van der Waals surface area contributed by atoms with Crippen LogP contribution in [0.15, 0.2) is 24.7 Å². The Balaban J connectivity index is 1.37. The van der Waals surface area contributed by atoms with Crippen molar-refractivity contribution in [3.05, 3.63) is 35.4 Å². The smallest absolute Gasteiger partial charge is 0.407 e. The van der Waals surface area contributed by atoms with Crippen molar-refractivity contribution in [2.24, 2.45) is 0 Å². The molecular formula is C19H23ClFN7O3. The molecule has 0 saturated carbocycles. The number of aromatic amines is 1. The highest BCUT2D eigenvalue weighted by atomic mass is 35.5. The van der Waals surface area contributed by atoms with Crippen LogP contribution in [0.5, 0.6) is 0 Å². The van der Waals surface area contributed by atoms with E-state index < -0.39 is 24.5 Å². The number of carbonyl (C=O) groups is 1. The van der Waals surface area contributed by atoms with Gasteiger partial charge in [-0.2, -0.15) is 10.2 Å². The maximum atomic E-state index is 14.9. The molecule has 3 N–H and O–H groups in total. The Morgan fingerprint density at radius 1 is 1.48 bits per heavy atom. The molecule has 31 heavy (non-hydrogen) atoms. The van der Waals surface area contributed by atoms with Gasteiger partial charge < -0.3 is 20.1 Å². The summed E-state index contributed by atoms with van der Waals surface area (Å²) in [7, 11) is 0. The first-order valence-electron chi connectivity index (χ1n) is 10.1. The number of aromatic nitrogens is 5. The number of unbranched alkanes of at least 4 members (excludes halogenated alkanes) is 2. The van der Waals surface area contributed by atoms with Gasteiger partial charge >= 0.3 is 6.09 Å². The van der Waals surface area contributed by atoms with Crippen LogP contribution in [-0.2, 0) is 9.47 Å². The van der Waals surface area contributed by atoms with Crippen molar-refractivity contribution in [1.29, 1.82) is 0 Å². The Bertz CT molecular complexity index is 1040. The van der Waals surface area contributed by atoms with Gasteiger partial charge in [0, 0.05) is 25.0 Å². The zero-order valence-corrected chi connectivity index (χ0v) is 17.6. The van der Waals surface area contributed by atoms with Crippen LogP contribution in [0.1, 0.15) is 38.0 Å². The lowest BCUT2D eigenvalue weighted by atomic mass is 10.1. The van der Waals surface area contributed by atoms with Crippen molar-refractivity contribution in [2.45, 2.75) is 44.6 Å². The SMILES string of the molecule is CCCCCNC(=O)O[C@@H]1CO[C@H](c2cc(Nc3nccn4ncc(Cl)c34)n[nH]2)[C@@H]1F. The van der Waals surface area contributed by atoms with E-state index >= 15 is 0 Å². The molecule has 1 amide bonds. The highest BCUT2D eigenvalue weighted by Crippen LogP contribution is 2.34. The molecule has 0 aromatic carbocycles. The number of nitrogens with zero attached hydrogens (tertiary/aromatic N) is 4. The van der Waals surface area contributed by atoms with Crippen LogP contribution in [0.25, 0.3) is 5.52 Å². The number of nitrogens with one attached hydrogen (secondary N) is 3. The Labute approximate surface area is 182 Å². The van der Waals surface area contributed by atoms with Crippen LogP contribution in [0.4, 0.5) is 20.8 Å². The fourth-order valence-electron chi connectivity index (χ4n) is 3.35. The minimum Gasteiger partial charge on any atom is -0.441 e. The molecule has 1 aliphatic heterocycles. The topological polar surface area (TPSA) is 118 Å². The Morgan fingerprint density at radius 3 is 3.19 bits per heavy atom. The summed E-state index contributed by atoms with van der Waals surface area (Å²) in [6.07, 6.45) is 3.57. The van der Waals surface area contributed by atoms with Gasteiger partial charge in [-0.25, -0.2) is 18.7 Å². The monoisotopic (exact) mass is 451 g/mol. The lowest BCUT2D eigenvalue weighted by molar-refractivity contribution is 0.0628.